The van der Waals surface area contributed by atoms with Crippen LogP contribution in [0, 0.1) is 5.92 Å². The molecule has 0 unspecified atom stereocenters. The number of carbonyl (C=O) groups excluding carboxylic acids is 2. The molecule has 7 nitrogen and oxygen atoms in total. The molecule has 8 heteroatoms. The number of benzene rings is 2. The van der Waals surface area contributed by atoms with Crippen LogP contribution in [0.2, 0.25) is 0 Å². The van der Waals surface area contributed by atoms with Crippen molar-refractivity contribution in [2.45, 2.75) is 43.4 Å². The van der Waals surface area contributed by atoms with Gasteiger partial charge >= 0.3 is 0 Å². The van der Waals surface area contributed by atoms with E-state index in [1.165, 1.54) is 9.80 Å². The number of aliphatic hydroxyl groups excluding tert-OH is 2. The minimum atomic E-state index is -1.80. The maximum Gasteiger partial charge on any atom is 0.254 e. The fraction of sp³-hybridized carbons (Fsp3) is 0.440. The molecular weight excluding hydrogens is 438 g/mol. The van der Waals surface area contributed by atoms with Gasteiger partial charge < -0.3 is 20.4 Å². The fourth-order valence-corrected chi connectivity index (χ4v) is 4.77. The van der Waals surface area contributed by atoms with Gasteiger partial charge in [-0.3, -0.25) is 9.59 Å². The van der Waals surface area contributed by atoms with Gasteiger partial charge in [-0.25, -0.2) is 4.31 Å². The Morgan fingerprint density at radius 3 is 2.24 bits per heavy atom. The van der Waals surface area contributed by atoms with E-state index >= 15 is 0 Å². The van der Waals surface area contributed by atoms with E-state index in [0.29, 0.717) is 25.6 Å². The third-order valence-corrected chi connectivity index (χ3v) is 6.95. The molecule has 0 aliphatic carbocycles. The van der Waals surface area contributed by atoms with Crippen molar-refractivity contribution in [1.29, 1.82) is 0 Å². The van der Waals surface area contributed by atoms with Crippen LogP contribution in [0.4, 0.5) is 0 Å². The highest BCUT2D eigenvalue weighted by molar-refractivity contribution is 7.97. The van der Waals surface area contributed by atoms with E-state index in [0.717, 1.165) is 31.5 Å². The van der Waals surface area contributed by atoms with E-state index in [2.05, 4.69) is 21.8 Å². The van der Waals surface area contributed by atoms with Crippen LogP contribution in [0.5, 0.6) is 0 Å². The Kier molecular flexibility index (Phi) is 9.75. The third kappa shape index (κ3) is 7.57. The van der Waals surface area contributed by atoms with Gasteiger partial charge in [0.15, 0.2) is 12.2 Å². The van der Waals surface area contributed by atoms with E-state index < -0.39 is 24.0 Å². The van der Waals surface area contributed by atoms with Crippen LogP contribution >= 0.6 is 11.9 Å². The Labute approximate surface area is 199 Å². The van der Waals surface area contributed by atoms with Gasteiger partial charge in [0.05, 0.1) is 0 Å². The summed E-state index contributed by atoms with van der Waals surface area (Å²) in [6.07, 6.45) is -1.73. The first kappa shape index (κ1) is 25.2. The fourth-order valence-electron chi connectivity index (χ4n) is 3.80. The second-order valence-electron chi connectivity index (χ2n) is 8.25. The zero-order valence-corrected chi connectivity index (χ0v) is 19.8. The molecule has 1 aliphatic heterocycles. The second-order valence-corrected chi connectivity index (χ2v) is 9.42. The van der Waals surface area contributed by atoms with E-state index in [4.69, 9.17) is 0 Å². The van der Waals surface area contributed by atoms with Gasteiger partial charge in [-0.15, -0.1) is 0 Å². The predicted octanol–water partition coefficient (Wildman–Crippen LogP) is 2.29. The van der Waals surface area contributed by atoms with Crippen molar-refractivity contribution in [3.63, 3.8) is 0 Å². The van der Waals surface area contributed by atoms with Crippen LogP contribution in [-0.2, 0) is 16.1 Å². The van der Waals surface area contributed by atoms with Crippen molar-refractivity contribution in [3.8, 4) is 0 Å². The molecule has 2 aromatic rings. The minimum Gasteiger partial charge on any atom is -0.380 e. The van der Waals surface area contributed by atoms with Gasteiger partial charge in [0.1, 0.15) is 0 Å². The number of piperidine rings is 1. The molecule has 1 fully saturated rings. The molecule has 2 atom stereocenters. The molecule has 0 saturated carbocycles. The lowest BCUT2D eigenvalue weighted by atomic mass is 9.98. The number of nitrogens with zero attached hydrogens (tertiary/aromatic N) is 2. The summed E-state index contributed by atoms with van der Waals surface area (Å²) in [6.45, 7) is 4.70. The van der Waals surface area contributed by atoms with Crippen LogP contribution in [0.15, 0.2) is 65.6 Å². The largest absolute Gasteiger partial charge is 0.380 e. The maximum atomic E-state index is 12.6. The Morgan fingerprint density at radius 2 is 1.64 bits per heavy atom. The molecule has 2 amide bonds. The smallest absolute Gasteiger partial charge is 0.254 e. The second kappa shape index (κ2) is 12.7. The van der Waals surface area contributed by atoms with Gasteiger partial charge in [0.25, 0.3) is 11.8 Å². The van der Waals surface area contributed by atoms with Gasteiger partial charge in [-0.1, -0.05) is 48.5 Å². The lowest BCUT2D eigenvalue weighted by molar-refractivity contribution is -0.153. The van der Waals surface area contributed by atoms with Crippen LogP contribution in [-0.4, -0.2) is 69.6 Å². The average molecular weight is 472 g/mol. The summed E-state index contributed by atoms with van der Waals surface area (Å²) in [7, 11) is 0. The van der Waals surface area contributed by atoms with Crippen LogP contribution < -0.4 is 5.32 Å². The first-order chi connectivity index (χ1) is 16.0. The summed E-state index contributed by atoms with van der Waals surface area (Å²) in [5.74, 6) is -1.07. The van der Waals surface area contributed by atoms with E-state index in [1.807, 2.05) is 48.5 Å². The number of aliphatic hydroxyl groups is 2. The van der Waals surface area contributed by atoms with Crippen LogP contribution in [0.3, 0.4) is 0 Å². The zero-order chi connectivity index (χ0) is 23.6. The SMILES string of the molecule is CCN(Cc1ccccc1)C(=O)[C@H](O)[C@@H](O)C(=O)NCC1CCN(Sc2ccccc2)CC1. The molecule has 1 aliphatic rings. The quantitative estimate of drug-likeness (QED) is 0.461. The summed E-state index contributed by atoms with van der Waals surface area (Å²) in [4.78, 5) is 27.7. The summed E-state index contributed by atoms with van der Waals surface area (Å²) in [5, 5.41) is 23.3. The Hall–Kier alpha value is -2.39. The van der Waals surface area contributed by atoms with Crippen LogP contribution in [0.1, 0.15) is 25.3 Å². The number of carbonyl (C=O) groups is 2. The summed E-state index contributed by atoms with van der Waals surface area (Å²) in [6, 6.07) is 19.6. The molecular formula is C25H33N3O4S. The molecule has 178 valence electrons. The summed E-state index contributed by atoms with van der Waals surface area (Å²) >= 11 is 1.74. The third-order valence-electron chi connectivity index (χ3n) is 5.85. The van der Waals surface area contributed by atoms with Crippen LogP contribution in [0.25, 0.3) is 0 Å². The Morgan fingerprint density at radius 1 is 1.03 bits per heavy atom. The minimum absolute atomic E-state index is 0.298. The van der Waals surface area contributed by atoms with Gasteiger partial charge in [0.2, 0.25) is 0 Å². The Balaban J connectivity index is 1.41. The van der Waals surface area contributed by atoms with Gasteiger partial charge in [-0.05, 0) is 55.3 Å². The molecule has 0 bridgehead atoms. The first-order valence-electron chi connectivity index (χ1n) is 11.4. The molecule has 0 spiro atoms. The number of hydrogen-bond donors (Lipinski definition) is 3. The number of amides is 2. The summed E-state index contributed by atoms with van der Waals surface area (Å²) < 4.78 is 2.32. The number of hydrogen-bond acceptors (Lipinski definition) is 6. The standard InChI is InChI=1S/C25H33N3O4S/c1-2-27(18-20-9-5-3-6-10-20)25(32)23(30)22(29)24(31)26-17-19-13-15-28(16-14-19)33-21-11-7-4-8-12-21/h3-12,19,22-23,29-30H,2,13-18H2,1H3,(H,26,31)/t22-,23-/m1/s1. The molecule has 3 N–H and O–H groups in total. The molecule has 33 heavy (non-hydrogen) atoms. The van der Waals surface area contributed by atoms with Crippen molar-refractivity contribution in [3.05, 3.63) is 66.2 Å². The highest BCUT2D eigenvalue weighted by Gasteiger charge is 2.33. The molecule has 3 rings (SSSR count). The highest BCUT2D eigenvalue weighted by atomic mass is 32.2. The predicted molar refractivity (Wildman–Crippen MR) is 129 cm³/mol. The number of likely N-dealkylation sites (N-methyl/N-ethyl adjacent to an activating group) is 1. The van der Waals surface area contributed by atoms with Crippen molar-refractivity contribution in [1.82, 2.24) is 14.5 Å². The van der Waals surface area contributed by atoms with Crippen molar-refractivity contribution >= 4 is 23.8 Å². The maximum absolute atomic E-state index is 12.6. The number of nitrogens with one attached hydrogen (secondary N) is 1. The van der Waals surface area contributed by atoms with Crippen molar-refractivity contribution < 1.29 is 19.8 Å². The monoisotopic (exact) mass is 471 g/mol. The first-order valence-corrected chi connectivity index (χ1v) is 12.2. The lowest BCUT2D eigenvalue weighted by Crippen LogP contribution is -2.51. The average Bonchev–Trinajstić information content (AvgIpc) is 2.86. The zero-order valence-electron chi connectivity index (χ0n) is 19.0. The molecule has 1 saturated heterocycles. The molecule has 2 aromatic carbocycles. The molecule has 0 aromatic heterocycles. The molecule has 0 radical (unpaired) electrons. The van der Waals surface area contributed by atoms with Crippen molar-refractivity contribution in [2.24, 2.45) is 5.92 Å². The lowest BCUT2D eigenvalue weighted by Gasteiger charge is -2.31. The molecule has 1 heterocycles. The van der Waals surface area contributed by atoms with Crippen molar-refractivity contribution in [2.75, 3.05) is 26.2 Å². The van der Waals surface area contributed by atoms with E-state index in [9.17, 15) is 19.8 Å². The summed E-state index contributed by atoms with van der Waals surface area (Å²) in [5.41, 5.74) is 0.913. The van der Waals surface area contributed by atoms with E-state index in [1.54, 1.807) is 18.9 Å². The highest BCUT2D eigenvalue weighted by Crippen LogP contribution is 2.27. The Bertz CT molecular complexity index is 876. The number of rotatable bonds is 10. The van der Waals surface area contributed by atoms with E-state index in [-0.39, 0.29) is 0 Å². The topological polar surface area (TPSA) is 93.1 Å². The normalized spacial score (nSPS) is 16.7. The van der Waals surface area contributed by atoms with Gasteiger partial charge in [-0.2, -0.15) is 0 Å². The van der Waals surface area contributed by atoms with Gasteiger partial charge in [0, 0.05) is 37.6 Å².